The van der Waals surface area contributed by atoms with Gasteiger partial charge in [-0.05, 0) is 23.9 Å². The van der Waals surface area contributed by atoms with Crippen LogP contribution in [0, 0.1) is 0 Å². The van der Waals surface area contributed by atoms with Gasteiger partial charge in [0.25, 0.3) is 5.91 Å². The van der Waals surface area contributed by atoms with Gasteiger partial charge in [0.2, 0.25) is 6.54 Å². The monoisotopic (exact) mass is 445 g/mol. The number of rotatable bonds is 14. The van der Waals surface area contributed by atoms with Crippen molar-refractivity contribution in [2.24, 2.45) is 4.99 Å². The van der Waals surface area contributed by atoms with Crippen LogP contribution in [0.2, 0.25) is 0 Å². The Balaban J connectivity index is 0.00000480. The molecule has 1 aromatic heterocycles. The minimum absolute atomic E-state index is 0. The Kier molecular flexibility index (Phi) is 14.0. The number of aromatic nitrogens is 1. The summed E-state index contributed by atoms with van der Waals surface area (Å²) in [6.45, 7) is 3.50. The van der Waals surface area contributed by atoms with E-state index in [2.05, 4.69) is 17.2 Å². The molecule has 6 heteroatoms. The van der Waals surface area contributed by atoms with Crippen LogP contribution in [0.3, 0.4) is 0 Å². The summed E-state index contributed by atoms with van der Waals surface area (Å²) in [4.78, 5) is 16.3. The number of benzene rings is 1. The van der Waals surface area contributed by atoms with Crippen LogP contribution >= 0.6 is 12.4 Å². The molecule has 0 spiro atoms. The molecule has 0 radical (unpaired) electrons. The molecule has 0 aliphatic rings. The summed E-state index contributed by atoms with van der Waals surface area (Å²) in [6, 6.07) is 13.2. The van der Waals surface area contributed by atoms with Gasteiger partial charge in [0.15, 0.2) is 12.4 Å². The molecule has 0 atom stereocenters. The molecule has 0 saturated heterocycles. The maximum Gasteiger partial charge on any atom is 0.285 e. The van der Waals surface area contributed by atoms with Crippen LogP contribution < -0.4 is 15.0 Å². The molecule has 5 nitrogen and oxygen atoms in total. The number of nitrogens with zero attached hydrogens (tertiary/aromatic N) is 2. The molecule has 0 bridgehead atoms. The molecule has 31 heavy (non-hydrogen) atoms. The zero-order valence-corrected chi connectivity index (χ0v) is 19.4. The van der Waals surface area contributed by atoms with Crippen LogP contribution in [0.25, 0.3) is 0 Å². The third-order valence-corrected chi connectivity index (χ3v) is 5.03. The average Bonchev–Trinajstić information content (AvgIpc) is 2.77. The van der Waals surface area contributed by atoms with Gasteiger partial charge >= 0.3 is 0 Å². The number of amides is 1. The predicted octanol–water partition coefficient (Wildman–Crippen LogP) is 3.96. The van der Waals surface area contributed by atoms with Crippen molar-refractivity contribution in [2.75, 3.05) is 6.54 Å². The Labute approximate surface area is 193 Å². The first-order valence-corrected chi connectivity index (χ1v) is 11.2. The van der Waals surface area contributed by atoms with Gasteiger partial charge in [0.1, 0.15) is 0 Å². The Morgan fingerprint density at radius 2 is 1.65 bits per heavy atom. The third-order valence-electron chi connectivity index (χ3n) is 5.03. The number of aliphatic imine (C=N–C) groups is 1. The van der Waals surface area contributed by atoms with Crippen molar-refractivity contribution in [2.45, 2.75) is 71.4 Å². The van der Waals surface area contributed by atoms with Gasteiger partial charge < -0.3 is 10.4 Å². The quantitative estimate of drug-likeness (QED) is 0.207. The number of hydrogen-bond acceptors (Lipinski definition) is 3. The van der Waals surface area contributed by atoms with Crippen molar-refractivity contribution in [1.29, 1.82) is 0 Å². The lowest BCUT2D eigenvalue weighted by Gasteiger charge is -2.10. The van der Waals surface area contributed by atoms with E-state index >= 15 is 0 Å². The minimum Gasteiger partial charge on any atom is -0.858 e. The van der Waals surface area contributed by atoms with Crippen molar-refractivity contribution < 1.29 is 14.5 Å². The number of carbonyl (C=O) groups is 1. The summed E-state index contributed by atoms with van der Waals surface area (Å²) >= 11 is 0. The second-order valence-electron chi connectivity index (χ2n) is 7.70. The Morgan fingerprint density at radius 3 is 2.35 bits per heavy atom. The van der Waals surface area contributed by atoms with Crippen LogP contribution in [0.15, 0.2) is 59.9 Å². The van der Waals surface area contributed by atoms with E-state index in [1.165, 1.54) is 38.5 Å². The first-order valence-electron chi connectivity index (χ1n) is 11.2. The average molecular weight is 446 g/mol. The third kappa shape index (κ3) is 11.5. The standard InChI is InChI=1S/C25H35N3O2.ClH/c1-2-3-4-5-6-7-8-12-17-26-24(29)21-28-18-13-16-23(20-28)25(30)27-19-22-14-10-9-11-15-22;/h9-11,13-16,18,20H,2-8,12,17,19,21H2,1H3,(H-,26,27,29,30);1H. The molecule has 0 unspecified atom stereocenters. The van der Waals surface area contributed by atoms with Crippen molar-refractivity contribution in [3.05, 3.63) is 66.0 Å². The molecular formula is C25H36ClN3O2. The van der Waals surface area contributed by atoms with Gasteiger partial charge in [-0.3, -0.25) is 9.79 Å². The molecule has 1 aromatic carbocycles. The van der Waals surface area contributed by atoms with Crippen LogP contribution in [0.5, 0.6) is 0 Å². The van der Waals surface area contributed by atoms with Crippen molar-refractivity contribution in [3.8, 4) is 0 Å². The molecule has 0 fully saturated rings. The number of carbonyl (C=O) groups excluding carboxylic acids is 1. The summed E-state index contributed by atoms with van der Waals surface area (Å²) in [7, 11) is 0. The van der Waals surface area contributed by atoms with E-state index in [0.717, 1.165) is 18.4 Å². The second kappa shape index (κ2) is 16.3. The topological polar surface area (TPSA) is 68.4 Å². The molecule has 1 amide bonds. The van der Waals surface area contributed by atoms with E-state index in [0.29, 0.717) is 18.7 Å². The number of pyridine rings is 1. The van der Waals surface area contributed by atoms with Gasteiger partial charge in [-0.25, -0.2) is 0 Å². The van der Waals surface area contributed by atoms with Gasteiger partial charge in [0.05, 0.1) is 6.54 Å². The number of unbranched alkanes of at least 4 members (excludes halogenated alkanes) is 7. The van der Waals surface area contributed by atoms with E-state index in [1.807, 2.05) is 30.3 Å². The highest BCUT2D eigenvalue weighted by molar-refractivity contribution is 5.89. The molecule has 0 aliphatic carbocycles. The van der Waals surface area contributed by atoms with Gasteiger partial charge in [-0.15, -0.1) is 12.4 Å². The SMILES string of the molecule is CCCCCCCCCCNC(=O)C[n+]1cccc(C([O-])=NCc2ccccc2)c1.Cl. The fourth-order valence-corrected chi connectivity index (χ4v) is 3.29. The lowest BCUT2D eigenvalue weighted by atomic mass is 10.1. The zero-order valence-electron chi connectivity index (χ0n) is 18.6. The van der Waals surface area contributed by atoms with Crippen molar-refractivity contribution >= 4 is 24.2 Å². The molecule has 2 aromatic rings. The van der Waals surface area contributed by atoms with Crippen LogP contribution in [0.1, 0.15) is 69.4 Å². The smallest absolute Gasteiger partial charge is 0.285 e. The fraction of sp³-hybridized carbons (Fsp3) is 0.480. The van der Waals surface area contributed by atoms with E-state index in [4.69, 9.17) is 0 Å². The minimum atomic E-state index is -0.271. The van der Waals surface area contributed by atoms with E-state index < -0.39 is 0 Å². The highest BCUT2D eigenvalue weighted by Crippen LogP contribution is 2.08. The Bertz CT molecular complexity index is 781. The van der Waals surface area contributed by atoms with Gasteiger partial charge in [0, 0.05) is 18.2 Å². The van der Waals surface area contributed by atoms with Crippen molar-refractivity contribution in [3.63, 3.8) is 0 Å². The van der Waals surface area contributed by atoms with E-state index in [9.17, 15) is 9.90 Å². The molecule has 2 rings (SSSR count). The first-order chi connectivity index (χ1) is 14.7. The summed E-state index contributed by atoms with van der Waals surface area (Å²) in [5.41, 5.74) is 1.49. The number of hydrogen-bond donors (Lipinski definition) is 1. The maximum atomic E-state index is 12.3. The van der Waals surface area contributed by atoms with Gasteiger partial charge in [-0.2, -0.15) is 4.57 Å². The fourth-order valence-electron chi connectivity index (χ4n) is 3.29. The highest BCUT2D eigenvalue weighted by atomic mass is 35.5. The van der Waals surface area contributed by atoms with Crippen LogP contribution in [0.4, 0.5) is 0 Å². The summed E-state index contributed by atoms with van der Waals surface area (Å²) < 4.78 is 1.73. The predicted molar refractivity (Wildman–Crippen MR) is 126 cm³/mol. The highest BCUT2D eigenvalue weighted by Gasteiger charge is 2.09. The summed E-state index contributed by atoms with van der Waals surface area (Å²) in [6.07, 6.45) is 13.5. The molecule has 0 aliphatic heterocycles. The maximum absolute atomic E-state index is 12.3. The molecule has 1 N–H and O–H groups in total. The molecule has 1 heterocycles. The molecule has 170 valence electrons. The number of nitrogens with one attached hydrogen (secondary N) is 1. The Hall–Kier alpha value is -2.40. The Morgan fingerprint density at radius 1 is 0.968 bits per heavy atom. The van der Waals surface area contributed by atoms with Gasteiger partial charge in [-0.1, -0.05) is 82.2 Å². The lowest BCUT2D eigenvalue weighted by molar-refractivity contribution is -0.684. The van der Waals surface area contributed by atoms with Crippen LogP contribution in [-0.2, 0) is 17.9 Å². The summed E-state index contributed by atoms with van der Waals surface area (Å²) in [5.74, 6) is -0.304. The van der Waals surface area contributed by atoms with Crippen molar-refractivity contribution in [1.82, 2.24) is 5.32 Å². The summed E-state index contributed by atoms with van der Waals surface area (Å²) in [5, 5.41) is 15.3. The largest absolute Gasteiger partial charge is 0.858 e. The molecule has 0 saturated carbocycles. The number of halogens is 1. The van der Waals surface area contributed by atoms with E-state index in [-0.39, 0.29) is 30.8 Å². The first kappa shape index (κ1) is 26.6. The lowest BCUT2D eigenvalue weighted by Crippen LogP contribution is -2.43. The second-order valence-corrected chi connectivity index (χ2v) is 7.70. The van der Waals surface area contributed by atoms with E-state index in [1.54, 1.807) is 29.1 Å². The normalized spacial score (nSPS) is 11.1. The van der Waals surface area contributed by atoms with Crippen LogP contribution in [-0.4, -0.2) is 18.3 Å². The molecular weight excluding hydrogens is 410 g/mol. The zero-order chi connectivity index (χ0) is 21.4.